The second-order valence-electron chi connectivity index (χ2n) is 14.2. The predicted octanol–water partition coefficient (Wildman–Crippen LogP) is 13.4. The third-order valence-electron chi connectivity index (χ3n) is 11.2. The van der Waals surface area contributed by atoms with Gasteiger partial charge in [-0.3, -0.25) is 15.0 Å². The minimum atomic E-state index is 0. The maximum absolute atomic E-state index is 5.18. The van der Waals surface area contributed by atoms with Gasteiger partial charge in [0.1, 0.15) is 0 Å². The monoisotopic (exact) mass is 906 g/mol. The van der Waals surface area contributed by atoms with Crippen LogP contribution in [0, 0.1) is 26.0 Å². The number of fused-ring (bicyclic) bond motifs is 6. The average molecular weight is 906 g/mol. The van der Waals surface area contributed by atoms with Crippen molar-refractivity contribution in [2.45, 2.75) is 46.0 Å². The van der Waals surface area contributed by atoms with Crippen LogP contribution in [0.1, 0.15) is 48.9 Å². The number of aryl methyl sites for hydroxylation is 2. The fraction of sp³-hybridized carbons (Fsp3) is 0.140. The molecule has 55 heavy (non-hydrogen) atoms. The zero-order valence-electron chi connectivity index (χ0n) is 31.3. The normalized spacial score (nSPS) is 12.5. The summed E-state index contributed by atoms with van der Waals surface area (Å²) in [5.41, 5.74) is 14.1. The van der Waals surface area contributed by atoms with Crippen molar-refractivity contribution in [3.05, 3.63) is 174 Å². The Labute approximate surface area is 340 Å². The molecule has 0 unspecified atom stereocenters. The second-order valence-corrected chi connectivity index (χ2v) is 15.2. The topological polar surface area (TPSA) is 38.7 Å². The molecule has 3 nitrogen and oxygen atoms in total. The molecule has 0 amide bonds. The van der Waals surface area contributed by atoms with Crippen LogP contribution in [-0.2, 0) is 25.5 Å². The van der Waals surface area contributed by atoms with E-state index in [1.54, 1.807) is 11.3 Å². The summed E-state index contributed by atoms with van der Waals surface area (Å²) in [6.45, 7) is 8.91. The van der Waals surface area contributed by atoms with E-state index >= 15 is 0 Å². The maximum atomic E-state index is 5.18. The van der Waals surface area contributed by atoms with Gasteiger partial charge in [0, 0.05) is 40.8 Å². The number of aromatic nitrogens is 3. The van der Waals surface area contributed by atoms with Crippen molar-refractivity contribution in [3.63, 3.8) is 0 Å². The van der Waals surface area contributed by atoms with Gasteiger partial charge in [-0.15, -0.1) is 58.5 Å². The van der Waals surface area contributed by atoms with Crippen LogP contribution in [0.2, 0.25) is 0 Å². The van der Waals surface area contributed by atoms with E-state index in [2.05, 4.69) is 154 Å². The van der Waals surface area contributed by atoms with E-state index in [0.717, 1.165) is 56.9 Å². The predicted molar refractivity (Wildman–Crippen MR) is 227 cm³/mol. The van der Waals surface area contributed by atoms with Gasteiger partial charge in [0.05, 0.1) is 22.6 Å². The van der Waals surface area contributed by atoms with Crippen LogP contribution < -0.4 is 0 Å². The first-order valence-corrected chi connectivity index (χ1v) is 19.6. The molecular weight excluding hydrogens is 867 g/mol. The molecule has 2 heterocycles. The molecule has 1 aliphatic rings. The Morgan fingerprint density at radius 1 is 0.582 bits per heavy atom. The summed E-state index contributed by atoms with van der Waals surface area (Å²) in [5, 5.41) is 4.56. The molecule has 0 saturated carbocycles. The Hall–Kier alpha value is -5.32. The van der Waals surface area contributed by atoms with Crippen LogP contribution in [0.15, 0.2) is 140 Å². The van der Waals surface area contributed by atoms with Crippen LogP contribution in [0.4, 0.5) is 0 Å². The number of thiazole rings is 1. The van der Waals surface area contributed by atoms with Crippen LogP contribution >= 0.6 is 11.3 Å². The molecule has 5 heteroatoms. The Balaban J connectivity index is 0.000000180. The van der Waals surface area contributed by atoms with Crippen molar-refractivity contribution in [1.82, 2.24) is 15.0 Å². The Bertz CT molecular complexity index is 2800. The minimum Gasteiger partial charge on any atom is -0.285 e. The summed E-state index contributed by atoms with van der Waals surface area (Å²) in [4.78, 5) is 14.9. The summed E-state index contributed by atoms with van der Waals surface area (Å²) >= 11 is 1.72. The van der Waals surface area contributed by atoms with Gasteiger partial charge >= 0.3 is 0 Å². The van der Waals surface area contributed by atoms with Gasteiger partial charge in [-0.05, 0) is 59.7 Å². The van der Waals surface area contributed by atoms with Crippen LogP contribution in [0.25, 0.3) is 76.2 Å². The van der Waals surface area contributed by atoms with Crippen LogP contribution in [0.5, 0.6) is 0 Å². The fourth-order valence-electron chi connectivity index (χ4n) is 8.34. The zero-order chi connectivity index (χ0) is 36.8. The second kappa shape index (κ2) is 15.1. The van der Waals surface area contributed by atoms with Gasteiger partial charge < -0.3 is 0 Å². The molecule has 0 atom stereocenters. The van der Waals surface area contributed by atoms with E-state index in [9.17, 15) is 0 Å². The number of nitrogens with zero attached hydrogens (tertiary/aromatic N) is 3. The van der Waals surface area contributed by atoms with Gasteiger partial charge in [-0.2, -0.15) is 11.3 Å². The number of hydrogen-bond donors (Lipinski definition) is 0. The Morgan fingerprint density at radius 3 is 2.04 bits per heavy atom. The quantitative estimate of drug-likeness (QED) is 0.162. The van der Waals surface area contributed by atoms with E-state index in [1.807, 2.05) is 30.3 Å². The van der Waals surface area contributed by atoms with Gasteiger partial charge in [0.25, 0.3) is 0 Å². The summed E-state index contributed by atoms with van der Waals surface area (Å²) < 4.78 is 1.22. The third-order valence-corrected chi connectivity index (χ3v) is 12.2. The molecule has 0 saturated heterocycles. The van der Waals surface area contributed by atoms with Crippen molar-refractivity contribution in [2.24, 2.45) is 0 Å². The summed E-state index contributed by atoms with van der Waals surface area (Å²) in [6.07, 6.45) is 2.15. The molecular formula is C50H39IrN3S-2. The molecule has 9 aromatic rings. The maximum Gasteiger partial charge on any atom is 0.0763 e. The molecule has 271 valence electrons. The first kappa shape index (κ1) is 36.6. The van der Waals surface area contributed by atoms with Crippen molar-refractivity contribution in [3.8, 4) is 44.3 Å². The van der Waals surface area contributed by atoms with Crippen LogP contribution in [0.3, 0.4) is 0 Å². The molecule has 10 rings (SSSR count). The first-order chi connectivity index (χ1) is 26.5. The molecule has 1 radical (unpaired) electrons. The number of benzene rings is 7. The van der Waals surface area contributed by atoms with E-state index in [1.165, 1.54) is 54.4 Å². The van der Waals surface area contributed by atoms with Crippen molar-refractivity contribution in [1.29, 1.82) is 0 Å². The minimum absolute atomic E-state index is 0. The molecule has 7 aromatic carbocycles. The Kier molecular flexibility index (Phi) is 10.0. The third kappa shape index (κ3) is 6.41. The van der Waals surface area contributed by atoms with E-state index in [0.29, 0.717) is 0 Å². The molecule has 1 aliphatic carbocycles. The molecule has 0 bridgehead atoms. The van der Waals surface area contributed by atoms with Gasteiger partial charge in [-0.25, -0.2) is 0 Å². The van der Waals surface area contributed by atoms with Crippen molar-refractivity contribution in [2.75, 3.05) is 0 Å². The number of para-hydroxylation sites is 2. The van der Waals surface area contributed by atoms with Crippen molar-refractivity contribution < 1.29 is 20.1 Å². The van der Waals surface area contributed by atoms with Crippen LogP contribution in [-0.4, -0.2) is 15.0 Å². The van der Waals surface area contributed by atoms with E-state index in [-0.39, 0.29) is 25.5 Å². The smallest absolute Gasteiger partial charge is 0.0763 e. The van der Waals surface area contributed by atoms with Crippen molar-refractivity contribution >= 4 is 43.2 Å². The fourth-order valence-corrected chi connectivity index (χ4v) is 9.29. The molecule has 0 aliphatic heterocycles. The van der Waals surface area contributed by atoms with Gasteiger partial charge in [-0.1, -0.05) is 135 Å². The SMILES string of the molecule is CCC1(CC)c2c[c-]c(-c3nc(-c4c(C)cccc4C)c4ccccc4n3)cc2-c2ccccc21.[Ir].[c-]1cc2ccccc2cc1-c1nc2ccccc2s1. The molecule has 2 aromatic heterocycles. The molecule has 0 fully saturated rings. The average Bonchev–Trinajstić information content (AvgIpc) is 3.78. The largest absolute Gasteiger partial charge is 0.285 e. The number of hydrogen-bond acceptors (Lipinski definition) is 4. The van der Waals surface area contributed by atoms with E-state index < -0.39 is 0 Å². The molecule has 0 spiro atoms. The molecule has 0 N–H and O–H groups in total. The van der Waals surface area contributed by atoms with E-state index in [4.69, 9.17) is 9.97 Å². The Morgan fingerprint density at radius 2 is 1.25 bits per heavy atom. The summed E-state index contributed by atoms with van der Waals surface area (Å²) in [6, 6.07) is 55.8. The standard InChI is InChI=1S/C33H29N2.C17H10NS.Ir/c1-5-33(6-2)27-16-9-7-14-24(27)26-20-23(18-19-28(26)33)32-34-29-17-10-8-15-25(29)31(35-32)30-21(3)12-11-13-22(30)4;1-2-6-13-11-14(10-9-12(13)5-1)17-18-15-7-3-4-8-16(15)19-17;/h7-17,19-20H,5-6H2,1-4H3;1-9,11H;/q2*-1;. The first-order valence-electron chi connectivity index (χ1n) is 18.7. The zero-order valence-corrected chi connectivity index (χ0v) is 34.5. The van der Waals surface area contributed by atoms with Gasteiger partial charge in [0.15, 0.2) is 0 Å². The summed E-state index contributed by atoms with van der Waals surface area (Å²) in [7, 11) is 0. The van der Waals surface area contributed by atoms with Gasteiger partial charge in [0.2, 0.25) is 0 Å². The summed E-state index contributed by atoms with van der Waals surface area (Å²) in [5.74, 6) is 0.729. The number of rotatable bonds is 5.